The first kappa shape index (κ1) is 18.8. The highest BCUT2D eigenvalue weighted by atomic mass is 32.1. The lowest BCUT2D eigenvalue weighted by molar-refractivity contribution is 0.0990. The van der Waals surface area contributed by atoms with Crippen molar-refractivity contribution in [1.29, 1.82) is 0 Å². The highest BCUT2D eigenvalue weighted by Gasteiger charge is 2.18. The first-order valence-electron chi connectivity index (χ1n) is 7.89. The summed E-state index contributed by atoms with van der Waals surface area (Å²) in [7, 11) is 3.04. The Bertz CT molecular complexity index is 1080. The number of fused-ring (bicyclic) bond motifs is 1. The third kappa shape index (κ3) is 3.48. The molecule has 0 bridgehead atoms. The number of aromatic nitrogens is 1. The van der Waals surface area contributed by atoms with Gasteiger partial charge in [-0.3, -0.25) is 4.79 Å². The van der Waals surface area contributed by atoms with Crippen LogP contribution < -0.4 is 14.3 Å². The van der Waals surface area contributed by atoms with E-state index >= 15 is 0 Å². The zero-order valence-corrected chi connectivity index (χ0v) is 15.5. The minimum atomic E-state index is -0.992. The zero-order chi connectivity index (χ0) is 19.6. The van der Waals surface area contributed by atoms with Gasteiger partial charge in [0.15, 0.2) is 16.3 Å². The molecule has 0 aliphatic rings. The SMILES string of the molecule is C=CCn1c(=NC(=O)c2c(F)cccc2F)sc2cc(OC)c(OC)cc21. The van der Waals surface area contributed by atoms with Gasteiger partial charge in [-0.2, -0.15) is 4.99 Å². The molecule has 5 nitrogen and oxygen atoms in total. The molecule has 3 rings (SSSR count). The predicted molar refractivity (Wildman–Crippen MR) is 99.4 cm³/mol. The summed E-state index contributed by atoms with van der Waals surface area (Å²) in [4.78, 5) is 16.6. The summed E-state index contributed by atoms with van der Waals surface area (Å²) in [5, 5.41) is 0. The van der Waals surface area contributed by atoms with E-state index < -0.39 is 23.1 Å². The van der Waals surface area contributed by atoms with Gasteiger partial charge in [0.25, 0.3) is 5.91 Å². The molecule has 1 amide bonds. The number of halogens is 2. The second-order valence-electron chi connectivity index (χ2n) is 5.47. The van der Waals surface area contributed by atoms with Crippen LogP contribution >= 0.6 is 11.3 Å². The molecule has 0 N–H and O–H groups in total. The van der Waals surface area contributed by atoms with E-state index in [2.05, 4.69) is 11.6 Å². The number of thiazole rings is 1. The van der Waals surface area contributed by atoms with Gasteiger partial charge in [-0.1, -0.05) is 23.5 Å². The van der Waals surface area contributed by atoms with Gasteiger partial charge in [-0.25, -0.2) is 8.78 Å². The molecule has 27 heavy (non-hydrogen) atoms. The lowest BCUT2D eigenvalue weighted by atomic mass is 10.2. The Morgan fingerprint density at radius 3 is 2.44 bits per heavy atom. The number of nitrogens with zero attached hydrogens (tertiary/aromatic N) is 2. The van der Waals surface area contributed by atoms with Crippen molar-refractivity contribution < 1.29 is 23.0 Å². The van der Waals surface area contributed by atoms with Crippen LogP contribution in [0.1, 0.15) is 10.4 Å². The van der Waals surface area contributed by atoms with Gasteiger partial charge in [0.2, 0.25) is 0 Å². The fourth-order valence-electron chi connectivity index (χ4n) is 2.63. The van der Waals surface area contributed by atoms with E-state index in [4.69, 9.17) is 9.47 Å². The van der Waals surface area contributed by atoms with Crippen LogP contribution in [0.3, 0.4) is 0 Å². The highest BCUT2D eigenvalue weighted by Crippen LogP contribution is 2.33. The lowest BCUT2D eigenvalue weighted by Gasteiger charge is -2.08. The second-order valence-corrected chi connectivity index (χ2v) is 6.48. The molecular formula is C19H16F2N2O3S. The number of ether oxygens (including phenoxy) is 2. The van der Waals surface area contributed by atoms with Crippen molar-refractivity contribution in [3.8, 4) is 11.5 Å². The first-order chi connectivity index (χ1) is 13.0. The van der Waals surface area contributed by atoms with Crippen LogP contribution in [0.5, 0.6) is 11.5 Å². The zero-order valence-electron chi connectivity index (χ0n) is 14.7. The Morgan fingerprint density at radius 1 is 1.22 bits per heavy atom. The summed E-state index contributed by atoms with van der Waals surface area (Å²) in [6.07, 6.45) is 1.63. The minimum Gasteiger partial charge on any atom is -0.493 e. The third-order valence-electron chi connectivity index (χ3n) is 3.87. The molecular weight excluding hydrogens is 374 g/mol. The van der Waals surface area contributed by atoms with Crippen LogP contribution in [0.2, 0.25) is 0 Å². The van der Waals surface area contributed by atoms with E-state index in [-0.39, 0.29) is 4.80 Å². The van der Waals surface area contributed by atoms with Crippen molar-refractivity contribution >= 4 is 27.5 Å². The van der Waals surface area contributed by atoms with Crippen LogP contribution in [0, 0.1) is 11.6 Å². The van der Waals surface area contributed by atoms with Crippen LogP contribution in [0.4, 0.5) is 8.78 Å². The molecule has 3 aromatic rings. The quantitative estimate of drug-likeness (QED) is 0.621. The summed E-state index contributed by atoms with van der Waals surface area (Å²) in [5.74, 6) is -1.87. The molecule has 0 saturated heterocycles. The van der Waals surface area contributed by atoms with Crippen LogP contribution in [0.25, 0.3) is 10.2 Å². The maximum Gasteiger partial charge on any atom is 0.285 e. The molecule has 1 heterocycles. The second kappa shape index (κ2) is 7.71. The molecule has 8 heteroatoms. The van der Waals surface area contributed by atoms with Crippen molar-refractivity contribution in [2.45, 2.75) is 6.54 Å². The molecule has 0 spiro atoms. The van der Waals surface area contributed by atoms with E-state index in [0.717, 1.165) is 22.3 Å². The van der Waals surface area contributed by atoms with Crippen molar-refractivity contribution in [2.75, 3.05) is 14.2 Å². The smallest absolute Gasteiger partial charge is 0.285 e. The average molecular weight is 390 g/mol. The van der Waals surface area contributed by atoms with Crippen molar-refractivity contribution in [1.82, 2.24) is 4.57 Å². The van der Waals surface area contributed by atoms with Crippen LogP contribution in [0.15, 0.2) is 48.0 Å². The van der Waals surface area contributed by atoms with Gasteiger partial charge < -0.3 is 14.0 Å². The number of hydrogen-bond donors (Lipinski definition) is 0. The molecule has 0 atom stereocenters. The number of carbonyl (C=O) groups is 1. The summed E-state index contributed by atoms with van der Waals surface area (Å²) >= 11 is 1.19. The number of benzene rings is 2. The van der Waals surface area contributed by atoms with Gasteiger partial charge in [-0.05, 0) is 12.1 Å². The Labute approximate surface area is 157 Å². The molecule has 0 saturated carbocycles. The summed E-state index contributed by atoms with van der Waals surface area (Å²) < 4.78 is 40.9. The van der Waals surface area contributed by atoms with Gasteiger partial charge in [-0.15, -0.1) is 6.58 Å². The number of hydrogen-bond acceptors (Lipinski definition) is 4. The molecule has 0 aliphatic heterocycles. The number of amides is 1. The summed E-state index contributed by atoms with van der Waals surface area (Å²) in [5.41, 5.74) is 0.0494. The van der Waals surface area contributed by atoms with Gasteiger partial charge in [0.05, 0.1) is 24.4 Å². The molecule has 0 unspecified atom stereocenters. The van der Waals surface area contributed by atoms with Gasteiger partial charge >= 0.3 is 0 Å². The van der Waals surface area contributed by atoms with Crippen molar-refractivity contribution in [3.63, 3.8) is 0 Å². The standard InChI is InChI=1S/C19H16F2N2O3S/c1-4-8-23-13-9-14(25-2)15(26-3)10-16(13)27-19(23)22-18(24)17-11(20)6-5-7-12(17)21/h4-7,9-10H,1,8H2,2-3H3. The minimum absolute atomic E-state index is 0.285. The average Bonchev–Trinajstić information content (AvgIpc) is 2.97. The Kier molecular flexibility index (Phi) is 5.36. The largest absolute Gasteiger partial charge is 0.493 e. The fourth-order valence-corrected chi connectivity index (χ4v) is 3.68. The molecule has 0 aliphatic carbocycles. The molecule has 0 radical (unpaired) electrons. The number of carbonyl (C=O) groups excluding carboxylic acids is 1. The fraction of sp³-hybridized carbons (Fsp3) is 0.158. The monoisotopic (exact) mass is 390 g/mol. The maximum absolute atomic E-state index is 13.9. The lowest BCUT2D eigenvalue weighted by Crippen LogP contribution is -2.17. The van der Waals surface area contributed by atoms with Crippen LogP contribution in [-0.2, 0) is 6.54 Å². The van der Waals surface area contributed by atoms with E-state index in [0.29, 0.717) is 18.0 Å². The molecule has 2 aromatic carbocycles. The predicted octanol–water partition coefficient (Wildman–Crippen LogP) is 3.93. The summed E-state index contributed by atoms with van der Waals surface area (Å²) in [6.45, 7) is 4.06. The number of methoxy groups -OCH3 is 2. The number of allylic oxidation sites excluding steroid dienone is 1. The molecule has 1 aromatic heterocycles. The maximum atomic E-state index is 13.9. The van der Waals surface area contributed by atoms with E-state index in [1.54, 1.807) is 22.8 Å². The number of rotatable bonds is 5. The molecule has 140 valence electrons. The third-order valence-corrected chi connectivity index (χ3v) is 4.91. The molecule has 0 fully saturated rings. The van der Waals surface area contributed by atoms with Crippen molar-refractivity contribution in [2.24, 2.45) is 4.99 Å². The van der Waals surface area contributed by atoms with Gasteiger partial charge in [0.1, 0.15) is 17.2 Å². The van der Waals surface area contributed by atoms with Crippen molar-refractivity contribution in [3.05, 3.63) is 65.0 Å². The highest BCUT2D eigenvalue weighted by molar-refractivity contribution is 7.16. The summed E-state index contributed by atoms with van der Waals surface area (Å²) in [6, 6.07) is 6.73. The van der Waals surface area contributed by atoms with E-state index in [9.17, 15) is 13.6 Å². The normalized spacial score (nSPS) is 11.6. The van der Waals surface area contributed by atoms with Crippen LogP contribution in [-0.4, -0.2) is 24.7 Å². The van der Waals surface area contributed by atoms with E-state index in [1.807, 2.05) is 0 Å². The first-order valence-corrected chi connectivity index (χ1v) is 8.71. The Balaban J connectivity index is 2.24. The Hall–Kier alpha value is -3.00. The van der Waals surface area contributed by atoms with Gasteiger partial charge in [0, 0.05) is 18.7 Å². The van der Waals surface area contributed by atoms with E-state index in [1.165, 1.54) is 31.6 Å². The topological polar surface area (TPSA) is 52.8 Å². The Morgan fingerprint density at radius 2 is 1.85 bits per heavy atom.